The lowest BCUT2D eigenvalue weighted by Crippen LogP contribution is -2.32. The molecule has 1 amide bonds. The Kier molecular flexibility index (Phi) is 7.67. The van der Waals surface area contributed by atoms with Gasteiger partial charge in [-0.3, -0.25) is 9.59 Å². The number of nitrogens with one attached hydrogen (secondary N) is 2. The summed E-state index contributed by atoms with van der Waals surface area (Å²) in [4.78, 5) is 34.6. The second-order valence-corrected chi connectivity index (χ2v) is 15.4. The van der Waals surface area contributed by atoms with Crippen LogP contribution in [-0.4, -0.2) is 41.0 Å². The third-order valence-corrected chi connectivity index (χ3v) is 9.53. The van der Waals surface area contributed by atoms with Crippen LogP contribution < -0.4 is 15.6 Å². The molecule has 6 rings (SSSR count). The van der Waals surface area contributed by atoms with E-state index in [1.165, 1.54) is 22.9 Å². The Morgan fingerprint density at radius 3 is 2.31 bits per heavy atom. The molecule has 0 bridgehead atoms. The van der Waals surface area contributed by atoms with Crippen molar-refractivity contribution >= 4 is 22.6 Å². The average molecular weight is 607 g/mol. The van der Waals surface area contributed by atoms with Crippen LogP contribution in [0, 0.1) is 0 Å². The molecule has 0 atom stereocenters. The predicted octanol–water partition coefficient (Wildman–Crippen LogP) is 6.58. The molecule has 45 heavy (non-hydrogen) atoms. The van der Waals surface area contributed by atoms with Crippen LogP contribution in [0.4, 0.5) is 5.69 Å². The molecule has 0 saturated carbocycles. The zero-order valence-corrected chi connectivity index (χ0v) is 28.0. The Hall–Kier alpha value is -3.97. The topological polar surface area (TPSA) is 87.3 Å². The van der Waals surface area contributed by atoms with Gasteiger partial charge in [0, 0.05) is 18.7 Å². The van der Waals surface area contributed by atoms with Crippen LogP contribution >= 0.6 is 0 Å². The smallest absolute Gasteiger partial charge is 0.266 e. The SMILES string of the molecule is CN1CCc2cccc(C(C)(C)Cc3cc4c(c(C(C)(C)Cc5cc(C(C)(C)C)c6ncc(=O)[nH]c6c5)c3)OCC(=O)N4)c2C1. The van der Waals surface area contributed by atoms with Gasteiger partial charge in [0.2, 0.25) is 0 Å². The Morgan fingerprint density at radius 1 is 0.889 bits per heavy atom. The van der Waals surface area contributed by atoms with E-state index in [2.05, 4.69) is 118 Å². The molecule has 2 aliphatic heterocycles. The maximum absolute atomic E-state index is 12.5. The van der Waals surface area contributed by atoms with Gasteiger partial charge in [-0.25, -0.2) is 4.98 Å². The average Bonchev–Trinajstić information content (AvgIpc) is 2.94. The van der Waals surface area contributed by atoms with E-state index in [9.17, 15) is 9.59 Å². The van der Waals surface area contributed by atoms with Crippen LogP contribution in [0.2, 0.25) is 0 Å². The van der Waals surface area contributed by atoms with Crippen LogP contribution in [0.3, 0.4) is 0 Å². The van der Waals surface area contributed by atoms with Crippen molar-refractivity contribution in [2.45, 2.75) is 90.5 Å². The molecule has 2 aliphatic rings. The molecule has 3 heterocycles. The Morgan fingerprint density at radius 2 is 1.58 bits per heavy atom. The number of rotatable bonds is 6. The molecule has 0 fully saturated rings. The molecular formula is C38H46N4O3. The van der Waals surface area contributed by atoms with Gasteiger partial charge in [0.15, 0.2) is 6.61 Å². The van der Waals surface area contributed by atoms with Crippen molar-refractivity contribution in [2.24, 2.45) is 0 Å². The number of H-pyrrole nitrogens is 1. The van der Waals surface area contributed by atoms with Gasteiger partial charge in [0.25, 0.3) is 11.5 Å². The normalized spacial score (nSPS) is 15.8. The fourth-order valence-electron chi connectivity index (χ4n) is 7.32. The summed E-state index contributed by atoms with van der Waals surface area (Å²) in [6.07, 6.45) is 3.95. The van der Waals surface area contributed by atoms with E-state index in [4.69, 9.17) is 4.74 Å². The lowest BCUT2D eigenvalue weighted by atomic mass is 9.73. The lowest BCUT2D eigenvalue weighted by molar-refractivity contribution is -0.118. The van der Waals surface area contributed by atoms with Crippen molar-refractivity contribution in [3.63, 3.8) is 0 Å². The number of benzene rings is 3. The highest BCUT2D eigenvalue weighted by atomic mass is 16.5. The molecular weight excluding hydrogens is 560 g/mol. The van der Waals surface area contributed by atoms with Gasteiger partial charge in [0.05, 0.1) is 22.9 Å². The van der Waals surface area contributed by atoms with Crippen molar-refractivity contribution in [2.75, 3.05) is 25.5 Å². The maximum Gasteiger partial charge on any atom is 0.266 e. The first kappa shape index (κ1) is 31.0. The Labute approximate surface area is 266 Å². The van der Waals surface area contributed by atoms with Crippen LogP contribution in [0.1, 0.15) is 87.4 Å². The summed E-state index contributed by atoms with van der Waals surface area (Å²) in [7, 11) is 2.20. The van der Waals surface area contributed by atoms with E-state index in [1.807, 2.05) is 0 Å². The summed E-state index contributed by atoms with van der Waals surface area (Å²) in [5.74, 6) is 0.607. The standard InChI is InChI=1S/C38H46N4O3/c1-36(2,3)28-14-23(16-30-34(28)39-20-32(43)40-30)19-38(6,7)29-15-24(17-31-35(29)45-22-33(44)41-31)18-37(4,5)27-11-9-10-25-12-13-42(8)21-26(25)27/h9-11,14-17,20H,12-13,18-19,21-22H2,1-8H3,(H,40,43)(H,41,44). The van der Waals surface area contributed by atoms with Gasteiger partial charge in [0.1, 0.15) is 5.75 Å². The largest absolute Gasteiger partial charge is 0.481 e. The number of ether oxygens (including phenoxy) is 1. The second-order valence-electron chi connectivity index (χ2n) is 15.4. The number of amides is 1. The molecule has 0 saturated heterocycles. The summed E-state index contributed by atoms with van der Waals surface area (Å²) >= 11 is 0. The van der Waals surface area contributed by atoms with Gasteiger partial charge in [-0.05, 0) is 88.1 Å². The molecule has 0 unspecified atom stereocenters. The van der Waals surface area contributed by atoms with E-state index in [0.29, 0.717) is 6.42 Å². The maximum atomic E-state index is 12.5. The van der Waals surface area contributed by atoms with Crippen molar-refractivity contribution in [3.8, 4) is 5.75 Å². The number of likely N-dealkylation sites (N-methyl/N-ethyl adjacent to an activating group) is 1. The zero-order chi connectivity index (χ0) is 32.3. The summed E-state index contributed by atoms with van der Waals surface area (Å²) in [6, 6.07) is 15.4. The zero-order valence-electron chi connectivity index (χ0n) is 28.0. The fraction of sp³-hybridized carbons (Fsp3) is 0.447. The number of fused-ring (bicyclic) bond motifs is 3. The van der Waals surface area contributed by atoms with E-state index >= 15 is 0 Å². The Balaban J connectivity index is 1.41. The molecule has 236 valence electrons. The van der Waals surface area contributed by atoms with E-state index in [1.54, 1.807) is 0 Å². The van der Waals surface area contributed by atoms with E-state index in [-0.39, 0.29) is 34.3 Å². The number of carbonyl (C=O) groups is 1. The molecule has 0 aliphatic carbocycles. The van der Waals surface area contributed by atoms with Crippen LogP contribution in [0.5, 0.6) is 5.75 Å². The minimum absolute atomic E-state index is 0.00163. The van der Waals surface area contributed by atoms with Crippen molar-refractivity contribution in [1.82, 2.24) is 14.9 Å². The first-order chi connectivity index (χ1) is 21.1. The molecule has 0 radical (unpaired) electrons. The summed E-state index contributed by atoms with van der Waals surface area (Å²) in [5, 5.41) is 3.10. The van der Waals surface area contributed by atoms with Crippen LogP contribution in [-0.2, 0) is 46.8 Å². The number of anilines is 1. The van der Waals surface area contributed by atoms with Crippen LogP contribution in [0.15, 0.2) is 53.5 Å². The number of hydrogen-bond acceptors (Lipinski definition) is 5. The molecule has 4 aromatic rings. The highest BCUT2D eigenvalue weighted by Crippen LogP contribution is 2.44. The number of nitrogens with zero attached hydrogens (tertiary/aromatic N) is 2. The third-order valence-electron chi connectivity index (χ3n) is 9.53. The second kappa shape index (κ2) is 11.1. The number of carbonyl (C=O) groups excluding carboxylic acids is 1. The molecule has 2 N–H and O–H groups in total. The summed E-state index contributed by atoms with van der Waals surface area (Å²) < 4.78 is 6.14. The highest BCUT2D eigenvalue weighted by Gasteiger charge is 2.33. The van der Waals surface area contributed by atoms with Gasteiger partial charge in [-0.15, -0.1) is 0 Å². The van der Waals surface area contributed by atoms with E-state index < -0.39 is 0 Å². The summed E-state index contributed by atoms with van der Waals surface area (Å²) in [5.41, 5.74) is 10.2. The van der Waals surface area contributed by atoms with Gasteiger partial charge in [-0.1, -0.05) is 78.8 Å². The molecule has 3 aromatic carbocycles. The first-order valence-corrected chi connectivity index (χ1v) is 16.0. The molecule has 7 heteroatoms. The monoisotopic (exact) mass is 606 g/mol. The van der Waals surface area contributed by atoms with Crippen molar-refractivity contribution < 1.29 is 9.53 Å². The minimum atomic E-state index is -0.355. The fourth-order valence-corrected chi connectivity index (χ4v) is 7.32. The van der Waals surface area contributed by atoms with E-state index in [0.717, 1.165) is 70.7 Å². The van der Waals surface area contributed by atoms with Crippen molar-refractivity contribution in [1.29, 1.82) is 0 Å². The Bertz CT molecular complexity index is 1860. The number of aromatic nitrogens is 2. The highest BCUT2D eigenvalue weighted by molar-refractivity contribution is 5.96. The number of hydrogen-bond donors (Lipinski definition) is 2. The van der Waals surface area contributed by atoms with Gasteiger partial charge < -0.3 is 19.9 Å². The lowest BCUT2D eigenvalue weighted by Gasteiger charge is -2.35. The van der Waals surface area contributed by atoms with Gasteiger partial charge in [-0.2, -0.15) is 0 Å². The minimum Gasteiger partial charge on any atom is -0.481 e. The number of aromatic amines is 1. The quantitative estimate of drug-likeness (QED) is 0.259. The molecule has 0 spiro atoms. The van der Waals surface area contributed by atoms with Crippen LogP contribution in [0.25, 0.3) is 11.0 Å². The third kappa shape index (κ3) is 6.15. The summed E-state index contributed by atoms with van der Waals surface area (Å²) in [6.45, 7) is 17.7. The first-order valence-electron chi connectivity index (χ1n) is 16.0. The molecule has 1 aromatic heterocycles. The predicted molar refractivity (Wildman–Crippen MR) is 182 cm³/mol. The molecule has 7 nitrogen and oxygen atoms in total. The van der Waals surface area contributed by atoms with Crippen molar-refractivity contribution in [3.05, 3.63) is 98.0 Å². The van der Waals surface area contributed by atoms with Gasteiger partial charge >= 0.3 is 0 Å².